The summed E-state index contributed by atoms with van der Waals surface area (Å²) >= 11 is 0. The van der Waals surface area contributed by atoms with Gasteiger partial charge in [-0.25, -0.2) is 0 Å². The van der Waals surface area contributed by atoms with E-state index >= 15 is 0 Å². The van der Waals surface area contributed by atoms with Crippen LogP contribution in [-0.2, 0) is 9.53 Å². The van der Waals surface area contributed by atoms with Crippen molar-refractivity contribution in [2.45, 2.75) is 26.4 Å². The Hall–Kier alpha value is -0.610. The molecule has 72 valence electrons. The molecule has 0 aromatic carbocycles. The average Bonchev–Trinajstić information content (AvgIpc) is 1.98. The van der Waals surface area contributed by atoms with Gasteiger partial charge in [0.05, 0.1) is 12.0 Å². The maximum absolute atomic E-state index is 11.2. The van der Waals surface area contributed by atoms with Gasteiger partial charge in [0, 0.05) is 13.2 Å². The van der Waals surface area contributed by atoms with Crippen molar-refractivity contribution in [1.29, 1.82) is 0 Å². The van der Waals surface area contributed by atoms with Crippen LogP contribution in [0.25, 0.3) is 0 Å². The van der Waals surface area contributed by atoms with E-state index in [-0.39, 0.29) is 31.1 Å². The number of ether oxygens (including phenoxy) is 1. The number of esters is 1. The van der Waals surface area contributed by atoms with Crippen LogP contribution in [0.5, 0.6) is 0 Å². The molecule has 0 bridgehead atoms. The number of carbonyl (C=O) groups is 1. The molecule has 0 saturated carbocycles. The zero-order valence-electron chi connectivity index (χ0n) is 7.62. The maximum Gasteiger partial charge on any atom is 0.310 e. The molecule has 0 fully saturated rings. The predicted octanol–water partition coefficient (Wildman–Crippen LogP) is -0.105. The van der Waals surface area contributed by atoms with Gasteiger partial charge in [0.1, 0.15) is 0 Å². The summed E-state index contributed by atoms with van der Waals surface area (Å²) in [6, 6.07) is 0. The van der Waals surface area contributed by atoms with Crippen LogP contribution < -0.4 is 5.73 Å². The summed E-state index contributed by atoms with van der Waals surface area (Å²) in [5.41, 5.74) is 5.32. The smallest absolute Gasteiger partial charge is 0.310 e. The minimum absolute atomic E-state index is 0.0327. The Labute approximate surface area is 72.7 Å². The first-order valence-electron chi connectivity index (χ1n) is 4.13. The molecule has 0 unspecified atom stereocenters. The minimum atomic E-state index is -0.364. The maximum atomic E-state index is 11.2. The molecule has 3 N–H and O–H groups in total. The van der Waals surface area contributed by atoms with Crippen LogP contribution in [0.3, 0.4) is 0 Å². The molecule has 12 heavy (non-hydrogen) atoms. The van der Waals surface area contributed by atoms with E-state index in [4.69, 9.17) is 15.6 Å². The van der Waals surface area contributed by atoms with E-state index in [2.05, 4.69) is 0 Å². The number of aliphatic hydroxyl groups excluding tert-OH is 1. The van der Waals surface area contributed by atoms with Gasteiger partial charge in [0.15, 0.2) is 0 Å². The topological polar surface area (TPSA) is 72.5 Å². The molecule has 4 nitrogen and oxygen atoms in total. The molecule has 1 atom stereocenters. The zero-order chi connectivity index (χ0) is 9.56. The van der Waals surface area contributed by atoms with Gasteiger partial charge in [-0.3, -0.25) is 4.79 Å². The van der Waals surface area contributed by atoms with Crippen molar-refractivity contribution >= 4 is 5.97 Å². The lowest BCUT2D eigenvalue weighted by Crippen LogP contribution is -2.28. The first-order chi connectivity index (χ1) is 5.61. The monoisotopic (exact) mass is 175 g/mol. The molecule has 0 aromatic heterocycles. The fraction of sp³-hybridized carbons (Fsp3) is 0.875. The van der Waals surface area contributed by atoms with E-state index in [0.717, 1.165) is 0 Å². The minimum Gasteiger partial charge on any atom is -0.463 e. The van der Waals surface area contributed by atoms with E-state index in [0.29, 0.717) is 6.42 Å². The summed E-state index contributed by atoms with van der Waals surface area (Å²) in [5, 5.41) is 8.59. The van der Waals surface area contributed by atoms with Gasteiger partial charge in [-0.2, -0.15) is 0 Å². The van der Waals surface area contributed by atoms with E-state index in [1.54, 1.807) is 13.8 Å². The van der Waals surface area contributed by atoms with E-state index in [9.17, 15) is 4.79 Å². The second kappa shape index (κ2) is 5.97. The molecule has 4 heteroatoms. The highest BCUT2D eigenvalue weighted by Crippen LogP contribution is 2.04. The number of rotatable bonds is 5. The second-order valence-electron chi connectivity index (χ2n) is 2.93. The van der Waals surface area contributed by atoms with Crippen molar-refractivity contribution in [2.24, 2.45) is 11.7 Å². The molecule has 0 spiro atoms. The molecule has 0 rings (SSSR count). The van der Waals surface area contributed by atoms with Gasteiger partial charge >= 0.3 is 5.97 Å². The molecule has 0 aliphatic rings. The lowest BCUT2D eigenvalue weighted by molar-refractivity contribution is -0.152. The standard InChI is InChI=1S/C8H17NO3/c1-6(2)12-8(11)7(5-9)3-4-10/h6-7,10H,3-5,9H2,1-2H3/t7-/m0/s1. The van der Waals surface area contributed by atoms with Gasteiger partial charge in [0.25, 0.3) is 0 Å². The van der Waals surface area contributed by atoms with Crippen LogP contribution in [0.4, 0.5) is 0 Å². The Morgan fingerprint density at radius 3 is 2.50 bits per heavy atom. The van der Waals surface area contributed by atoms with Crippen molar-refractivity contribution in [1.82, 2.24) is 0 Å². The summed E-state index contributed by atoms with van der Waals surface area (Å²) in [4.78, 5) is 11.2. The largest absolute Gasteiger partial charge is 0.463 e. The Kier molecular flexibility index (Phi) is 5.66. The molecule has 0 amide bonds. The van der Waals surface area contributed by atoms with Crippen molar-refractivity contribution in [3.8, 4) is 0 Å². The Morgan fingerprint density at radius 2 is 2.17 bits per heavy atom. The average molecular weight is 175 g/mol. The zero-order valence-corrected chi connectivity index (χ0v) is 7.62. The van der Waals surface area contributed by atoms with Gasteiger partial charge in [-0.15, -0.1) is 0 Å². The summed E-state index contributed by atoms with van der Waals surface area (Å²) in [5.74, 6) is -0.682. The summed E-state index contributed by atoms with van der Waals surface area (Å²) in [6.45, 7) is 3.76. The molecular weight excluding hydrogens is 158 g/mol. The number of aliphatic hydroxyl groups is 1. The SMILES string of the molecule is CC(C)OC(=O)[C@H](CN)CCO. The fourth-order valence-corrected chi connectivity index (χ4v) is 0.816. The summed E-state index contributed by atoms with van der Waals surface area (Å²) < 4.78 is 4.93. The molecule has 0 heterocycles. The molecule has 0 aliphatic heterocycles. The van der Waals surface area contributed by atoms with Crippen molar-refractivity contribution < 1.29 is 14.6 Å². The van der Waals surface area contributed by atoms with E-state index in [1.165, 1.54) is 0 Å². The van der Waals surface area contributed by atoms with Gasteiger partial charge in [-0.1, -0.05) is 0 Å². The third-order valence-electron chi connectivity index (χ3n) is 1.45. The third-order valence-corrected chi connectivity index (χ3v) is 1.45. The predicted molar refractivity (Wildman–Crippen MR) is 45.5 cm³/mol. The first-order valence-corrected chi connectivity index (χ1v) is 4.13. The molecule has 0 radical (unpaired) electrons. The van der Waals surface area contributed by atoms with Crippen LogP contribution in [0, 0.1) is 5.92 Å². The molecule has 0 saturated heterocycles. The molecule has 0 aromatic rings. The van der Waals surface area contributed by atoms with E-state index < -0.39 is 0 Å². The van der Waals surface area contributed by atoms with Crippen LogP contribution in [0.1, 0.15) is 20.3 Å². The van der Waals surface area contributed by atoms with Gasteiger partial charge in [0.2, 0.25) is 0 Å². The van der Waals surface area contributed by atoms with Crippen LogP contribution in [0.15, 0.2) is 0 Å². The van der Waals surface area contributed by atoms with Crippen molar-refractivity contribution in [3.63, 3.8) is 0 Å². The Balaban J connectivity index is 3.85. The van der Waals surface area contributed by atoms with E-state index in [1.807, 2.05) is 0 Å². The Morgan fingerprint density at radius 1 is 1.58 bits per heavy atom. The second-order valence-corrected chi connectivity index (χ2v) is 2.93. The van der Waals surface area contributed by atoms with Crippen LogP contribution >= 0.6 is 0 Å². The lowest BCUT2D eigenvalue weighted by Gasteiger charge is -2.14. The number of carbonyl (C=O) groups excluding carboxylic acids is 1. The van der Waals surface area contributed by atoms with Crippen molar-refractivity contribution in [3.05, 3.63) is 0 Å². The molecule has 0 aliphatic carbocycles. The number of hydrogen-bond donors (Lipinski definition) is 2. The fourth-order valence-electron chi connectivity index (χ4n) is 0.816. The van der Waals surface area contributed by atoms with Crippen LogP contribution in [0.2, 0.25) is 0 Å². The highest BCUT2D eigenvalue weighted by atomic mass is 16.5. The highest BCUT2D eigenvalue weighted by molar-refractivity contribution is 5.72. The summed E-state index contributed by atoms with van der Waals surface area (Å²) in [7, 11) is 0. The summed E-state index contributed by atoms with van der Waals surface area (Å²) in [6.07, 6.45) is 0.257. The molecular formula is C8H17NO3. The lowest BCUT2D eigenvalue weighted by atomic mass is 10.1. The number of nitrogens with two attached hydrogens (primary N) is 1. The van der Waals surface area contributed by atoms with Gasteiger partial charge in [-0.05, 0) is 20.3 Å². The first kappa shape index (κ1) is 11.4. The highest BCUT2D eigenvalue weighted by Gasteiger charge is 2.18. The number of hydrogen-bond acceptors (Lipinski definition) is 4. The quantitative estimate of drug-likeness (QED) is 0.572. The van der Waals surface area contributed by atoms with Crippen LogP contribution in [-0.4, -0.2) is 30.3 Å². The van der Waals surface area contributed by atoms with Crippen molar-refractivity contribution in [2.75, 3.05) is 13.2 Å². The third kappa shape index (κ3) is 4.31. The Bertz CT molecular complexity index is 136. The van der Waals surface area contributed by atoms with Gasteiger partial charge < -0.3 is 15.6 Å². The normalized spacial score (nSPS) is 13.1.